The third-order valence-electron chi connectivity index (χ3n) is 4.82. The number of carbonyl (C=O) groups excluding carboxylic acids is 1. The normalized spacial score (nSPS) is 20.7. The molecular formula is C15H20N6O2S. The summed E-state index contributed by atoms with van der Waals surface area (Å²) in [5, 5.41) is 5.62. The van der Waals surface area contributed by atoms with E-state index in [1.807, 2.05) is 11.2 Å². The zero-order valence-electron chi connectivity index (χ0n) is 13.6. The number of aromatic nitrogens is 4. The molecule has 0 aromatic carbocycles. The molecule has 0 bridgehead atoms. The van der Waals surface area contributed by atoms with Gasteiger partial charge in [0.15, 0.2) is 5.69 Å². The van der Waals surface area contributed by atoms with Crippen LogP contribution in [0.2, 0.25) is 0 Å². The number of carbonyl (C=O) groups is 1. The molecule has 0 N–H and O–H groups in total. The molecule has 9 heteroatoms. The number of amides is 1. The van der Waals surface area contributed by atoms with E-state index in [-0.39, 0.29) is 11.9 Å². The zero-order chi connectivity index (χ0) is 16.5. The maximum Gasteiger partial charge on any atom is 0.275 e. The van der Waals surface area contributed by atoms with Crippen LogP contribution in [0.1, 0.15) is 27.9 Å². The lowest BCUT2D eigenvalue weighted by Crippen LogP contribution is -2.52. The van der Waals surface area contributed by atoms with Gasteiger partial charge in [-0.25, -0.2) is 4.98 Å². The molecule has 0 spiro atoms. The second-order valence-corrected chi connectivity index (χ2v) is 6.72. The molecule has 1 atom stereocenters. The van der Waals surface area contributed by atoms with Gasteiger partial charge in [-0.3, -0.25) is 9.69 Å². The van der Waals surface area contributed by atoms with Gasteiger partial charge in [-0.05, 0) is 11.5 Å². The van der Waals surface area contributed by atoms with E-state index < -0.39 is 0 Å². The first kappa shape index (κ1) is 15.7. The number of hydrogen-bond donors (Lipinski definition) is 0. The molecule has 24 heavy (non-hydrogen) atoms. The molecule has 1 saturated heterocycles. The molecule has 2 aliphatic heterocycles. The van der Waals surface area contributed by atoms with Crippen molar-refractivity contribution in [2.75, 3.05) is 39.9 Å². The highest BCUT2D eigenvalue weighted by Gasteiger charge is 2.37. The lowest BCUT2D eigenvalue weighted by Gasteiger charge is -2.43. The molecular weight excluding hydrogens is 328 g/mol. The van der Waals surface area contributed by atoms with Crippen LogP contribution in [0.15, 0.2) is 11.7 Å². The van der Waals surface area contributed by atoms with E-state index in [2.05, 4.69) is 24.0 Å². The summed E-state index contributed by atoms with van der Waals surface area (Å²) in [5.74, 6) is -0.0330. The third-order valence-corrected chi connectivity index (χ3v) is 5.33. The van der Waals surface area contributed by atoms with Crippen molar-refractivity contribution < 1.29 is 9.53 Å². The summed E-state index contributed by atoms with van der Waals surface area (Å²) in [6.07, 6.45) is 2.90. The van der Waals surface area contributed by atoms with Gasteiger partial charge >= 0.3 is 0 Å². The predicted molar refractivity (Wildman–Crippen MR) is 87.9 cm³/mol. The van der Waals surface area contributed by atoms with E-state index in [0.29, 0.717) is 18.8 Å². The van der Waals surface area contributed by atoms with Crippen LogP contribution in [0.3, 0.4) is 0 Å². The van der Waals surface area contributed by atoms with E-state index in [0.717, 1.165) is 38.3 Å². The van der Waals surface area contributed by atoms with Gasteiger partial charge in [0.1, 0.15) is 0 Å². The number of rotatable bonds is 4. The van der Waals surface area contributed by atoms with Crippen molar-refractivity contribution in [1.29, 1.82) is 0 Å². The SMILES string of the molecule is COCCn1cnc2c1CCN1CCN(C(=O)c3csnn3)CC21. The first-order chi connectivity index (χ1) is 11.8. The van der Waals surface area contributed by atoms with Crippen molar-refractivity contribution in [2.24, 2.45) is 0 Å². The fraction of sp³-hybridized carbons (Fsp3) is 0.600. The number of piperazine rings is 1. The Bertz CT molecular complexity index is 716. The van der Waals surface area contributed by atoms with Crippen LogP contribution in [0.4, 0.5) is 0 Å². The summed E-state index contributed by atoms with van der Waals surface area (Å²) in [4.78, 5) is 21.5. The summed E-state index contributed by atoms with van der Waals surface area (Å²) in [5.41, 5.74) is 2.82. The quantitative estimate of drug-likeness (QED) is 0.798. The molecule has 128 valence electrons. The van der Waals surface area contributed by atoms with Crippen LogP contribution in [0.5, 0.6) is 0 Å². The van der Waals surface area contributed by atoms with Gasteiger partial charge in [-0.2, -0.15) is 0 Å². The monoisotopic (exact) mass is 348 g/mol. The standard InChI is InChI=1S/C15H20N6O2S/c1-23-7-6-21-10-16-14-12(21)2-3-19-4-5-20(8-13(14)19)15(22)11-9-24-18-17-11/h9-10,13H,2-8H2,1H3. The lowest BCUT2D eigenvalue weighted by molar-refractivity contribution is 0.0436. The molecule has 8 nitrogen and oxygen atoms in total. The Morgan fingerprint density at radius 3 is 3.12 bits per heavy atom. The maximum absolute atomic E-state index is 12.6. The van der Waals surface area contributed by atoms with Crippen molar-refractivity contribution in [2.45, 2.75) is 19.0 Å². The van der Waals surface area contributed by atoms with E-state index in [9.17, 15) is 4.79 Å². The Kier molecular flexibility index (Phi) is 4.30. The van der Waals surface area contributed by atoms with Crippen molar-refractivity contribution in [3.63, 3.8) is 0 Å². The van der Waals surface area contributed by atoms with Crippen molar-refractivity contribution in [3.8, 4) is 0 Å². The minimum absolute atomic E-state index is 0.0330. The Morgan fingerprint density at radius 1 is 1.42 bits per heavy atom. The molecule has 4 rings (SSSR count). The van der Waals surface area contributed by atoms with E-state index in [1.165, 1.54) is 17.2 Å². The summed E-state index contributed by atoms with van der Waals surface area (Å²) >= 11 is 1.21. The topological polar surface area (TPSA) is 76.4 Å². The van der Waals surface area contributed by atoms with Crippen LogP contribution in [0.25, 0.3) is 0 Å². The van der Waals surface area contributed by atoms with Gasteiger partial charge in [0.05, 0.1) is 24.7 Å². The van der Waals surface area contributed by atoms with Crippen molar-refractivity contribution in [1.82, 2.24) is 28.9 Å². The largest absolute Gasteiger partial charge is 0.383 e. The van der Waals surface area contributed by atoms with Gasteiger partial charge < -0.3 is 14.2 Å². The Balaban J connectivity index is 1.54. The Hall–Kier alpha value is -1.84. The summed E-state index contributed by atoms with van der Waals surface area (Å²) < 4.78 is 11.2. The van der Waals surface area contributed by atoms with Crippen LogP contribution in [0, 0.1) is 0 Å². The molecule has 0 radical (unpaired) electrons. The van der Waals surface area contributed by atoms with Crippen molar-refractivity contribution in [3.05, 3.63) is 28.8 Å². The van der Waals surface area contributed by atoms with Crippen molar-refractivity contribution >= 4 is 17.4 Å². The lowest BCUT2D eigenvalue weighted by atomic mass is 9.99. The Morgan fingerprint density at radius 2 is 2.33 bits per heavy atom. The highest BCUT2D eigenvalue weighted by molar-refractivity contribution is 7.03. The molecule has 1 fully saturated rings. The van der Waals surface area contributed by atoms with Gasteiger partial charge in [0.25, 0.3) is 5.91 Å². The van der Waals surface area contributed by atoms with Crippen LogP contribution in [-0.4, -0.2) is 74.7 Å². The maximum atomic E-state index is 12.6. The summed E-state index contributed by atoms with van der Waals surface area (Å²) in [7, 11) is 1.71. The van der Waals surface area contributed by atoms with E-state index >= 15 is 0 Å². The highest BCUT2D eigenvalue weighted by atomic mass is 32.1. The number of nitrogens with zero attached hydrogens (tertiary/aromatic N) is 6. The first-order valence-electron chi connectivity index (χ1n) is 8.11. The smallest absolute Gasteiger partial charge is 0.275 e. The van der Waals surface area contributed by atoms with Crippen LogP contribution >= 0.6 is 11.5 Å². The summed E-state index contributed by atoms with van der Waals surface area (Å²) in [6.45, 7) is 4.77. The second kappa shape index (κ2) is 6.58. The molecule has 0 aliphatic carbocycles. The van der Waals surface area contributed by atoms with Crippen LogP contribution < -0.4 is 0 Å². The molecule has 1 unspecified atom stereocenters. The average molecular weight is 348 g/mol. The van der Waals surface area contributed by atoms with Crippen LogP contribution in [-0.2, 0) is 17.7 Å². The fourth-order valence-corrected chi connectivity index (χ4v) is 3.99. The minimum Gasteiger partial charge on any atom is -0.383 e. The number of imidazole rings is 1. The number of fused-ring (bicyclic) bond motifs is 3. The molecule has 2 aliphatic rings. The second-order valence-electron chi connectivity index (χ2n) is 6.11. The molecule has 0 saturated carbocycles. The average Bonchev–Trinajstić information content (AvgIpc) is 3.28. The van der Waals surface area contributed by atoms with E-state index in [1.54, 1.807) is 12.5 Å². The number of methoxy groups -OCH3 is 1. The van der Waals surface area contributed by atoms with Gasteiger partial charge in [0, 0.05) is 57.3 Å². The summed E-state index contributed by atoms with van der Waals surface area (Å²) in [6, 6.07) is 0.168. The van der Waals surface area contributed by atoms with Gasteiger partial charge in [-0.1, -0.05) is 4.49 Å². The number of ether oxygens (including phenoxy) is 1. The Labute approximate surface area is 144 Å². The fourth-order valence-electron chi connectivity index (χ4n) is 3.56. The molecule has 2 aromatic rings. The number of hydrogen-bond acceptors (Lipinski definition) is 7. The van der Waals surface area contributed by atoms with Gasteiger partial charge in [-0.15, -0.1) is 5.10 Å². The molecule has 1 amide bonds. The third kappa shape index (κ3) is 2.72. The first-order valence-corrected chi connectivity index (χ1v) is 8.95. The highest BCUT2D eigenvalue weighted by Crippen LogP contribution is 2.32. The molecule has 2 aromatic heterocycles. The van der Waals surface area contributed by atoms with E-state index in [4.69, 9.17) is 4.74 Å². The molecule has 4 heterocycles. The van der Waals surface area contributed by atoms with Gasteiger partial charge in [0.2, 0.25) is 0 Å². The predicted octanol–water partition coefficient (Wildman–Crippen LogP) is 0.436. The minimum atomic E-state index is -0.0330. The zero-order valence-corrected chi connectivity index (χ0v) is 14.4.